The summed E-state index contributed by atoms with van der Waals surface area (Å²) in [6.07, 6.45) is 1.48. The van der Waals surface area contributed by atoms with Crippen molar-refractivity contribution >= 4 is 5.91 Å². The number of amides is 1. The Bertz CT molecular complexity index is 1020. The Hall–Kier alpha value is -2.96. The van der Waals surface area contributed by atoms with Crippen LogP contribution in [-0.2, 0) is 17.8 Å². The lowest BCUT2D eigenvalue weighted by Gasteiger charge is -2.28. The summed E-state index contributed by atoms with van der Waals surface area (Å²) in [6, 6.07) is 19.4. The second kappa shape index (κ2) is 10.8. The second-order valence-corrected chi connectivity index (χ2v) is 8.92. The van der Waals surface area contributed by atoms with Crippen LogP contribution in [-0.4, -0.2) is 47.0 Å². The van der Waals surface area contributed by atoms with E-state index >= 15 is 0 Å². The quantitative estimate of drug-likeness (QED) is 0.485. The number of benzene rings is 2. The van der Waals surface area contributed by atoms with E-state index in [4.69, 9.17) is 9.15 Å². The molecule has 2 heterocycles. The van der Waals surface area contributed by atoms with E-state index in [1.165, 1.54) is 23.0 Å². The molecule has 1 aliphatic heterocycles. The first-order valence-corrected chi connectivity index (χ1v) is 11.7. The van der Waals surface area contributed by atoms with Crippen LogP contribution >= 0.6 is 0 Å². The van der Waals surface area contributed by atoms with E-state index in [1.807, 2.05) is 6.07 Å². The maximum Gasteiger partial charge on any atom is 0.275 e. The van der Waals surface area contributed by atoms with Crippen molar-refractivity contribution in [3.05, 3.63) is 89.1 Å². The number of oxazole rings is 1. The van der Waals surface area contributed by atoms with E-state index in [0.717, 1.165) is 6.54 Å². The molecular formula is C27H33N3O3. The van der Waals surface area contributed by atoms with Gasteiger partial charge in [0, 0.05) is 25.7 Å². The molecule has 0 aliphatic carbocycles. The SMILES string of the molecule is CC(C)c1ccc(CN(Cc2nc(C(=O)N3CCOCC3)co2)C(C)c2ccccc2)cc1. The molecule has 1 fully saturated rings. The van der Waals surface area contributed by atoms with Crippen LogP contribution in [0.5, 0.6) is 0 Å². The van der Waals surface area contributed by atoms with Gasteiger partial charge in [0.1, 0.15) is 6.26 Å². The van der Waals surface area contributed by atoms with Gasteiger partial charge in [0.2, 0.25) is 5.89 Å². The van der Waals surface area contributed by atoms with Crippen molar-refractivity contribution in [2.45, 2.75) is 45.8 Å². The number of carbonyl (C=O) groups is 1. The van der Waals surface area contributed by atoms with Crippen molar-refractivity contribution in [2.75, 3.05) is 26.3 Å². The van der Waals surface area contributed by atoms with Crippen LogP contribution in [0.25, 0.3) is 0 Å². The van der Waals surface area contributed by atoms with E-state index in [-0.39, 0.29) is 11.9 Å². The Labute approximate surface area is 196 Å². The van der Waals surface area contributed by atoms with Crippen molar-refractivity contribution in [3.8, 4) is 0 Å². The highest BCUT2D eigenvalue weighted by atomic mass is 16.5. The first kappa shape index (κ1) is 23.2. The maximum absolute atomic E-state index is 12.8. The van der Waals surface area contributed by atoms with E-state index < -0.39 is 0 Å². The fourth-order valence-electron chi connectivity index (χ4n) is 4.10. The summed E-state index contributed by atoms with van der Waals surface area (Å²) in [5.41, 5.74) is 4.16. The molecule has 6 heteroatoms. The normalized spacial score (nSPS) is 15.2. The van der Waals surface area contributed by atoms with Crippen LogP contribution in [0.3, 0.4) is 0 Å². The van der Waals surface area contributed by atoms with E-state index in [0.29, 0.717) is 50.4 Å². The number of morpholine rings is 1. The van der Waals surface area contributed by atoms with Gasteiger partial charge in [-0.25, -0.2) is 4.98 Å². The van der Waals surface area contributed by atoms with Crippen molar-refractivity contribution in [1.82, 2.24) is 14.8 Å². The minimum absolute atomic E-state index is 0.0970. The predicted molar refractivity (Wildman–Crippen MR) is 128 cm³/mol. The number of ether oxygens (including phenoxy) is 1. The van der Waals surface area contributed by atoms with Gasteiger partial charge < -0.3 is 14.1 Å². The highest BCUT2D eigenvalue weighted by Gasteiger charge is 2.24. The van der Waals surface area contributed by atoms with Crippen molar-refractivity contribution < 1.29 is 13.9 Å². The summed E-state index contributed by atoms with van der Waals surface area (Å²) in [6.45, 7) is 10.2. The molecule has 0 spiro atoms. The number of hydrogen-bond donors (Lipinski definition) is 0. The van der Waals surface area contributed by atoms with Gasteiger partial charge >= 0.3 is 0 Å². The third kappa shape index (κ3) is 5.89. The van der Waals surface area contributed by atoms with Gasteiger partial charge in [-0.2, -0.15) is 0 Å². The summed E-state index contributed by atoms with van der Waals surface area (Å²) in [4.78, 5) is 21.4. The highest BCUT2D eigenvalue weighted by Crippen LogP contribution is 2.25. The molecule has 174 valence electrons. The first-order chi connectivity index (χ1) is 16.0. The number of aromatic nitrogens is 1. The van der Waals surface area contributed by atoms with Gasteiger partial charge in [0.15, 0.2) is 5.69 Å². The van der Waals surface area contributed by atoms with Crippen LogP contribution < -0.4 is 0 Å². The summed E-state index contributed by atoms with van der Waals surface area (Å²) in [5.74, 6) is 0.960. The van der Waals surface area contributed by atoms with Crippen molar-refractivity contribution in [1.29, 1.82) is 0 Å². The summed E-state index contributed by atoms with van der Waals surface area (Å²) < 4.78 is 11.1. The molecule has 1 aromatic heterocycles. The Kier molecular flexibility index (Phi) is 7.57. The standard InChI is InChI=1S/C27H33N3O3/c1-20(2)23-11-9-22(10-12-23)17-30(21(3)24-7-5-4-6-8-24)18-26-28-25(19-33-26)27(31)29-13-15-32-16-14-29/h4-12,19-21H,13-18H2,1-3H3. The Morgan fingerprint density at radius 2 is 1.67 bits per heavy atom. The number of nitrogens with zero attached hydrogens (tertiary/aromatic N) is 3. The molecule has 0 bridgehead atoms. The molecule has 33 heavy (non-hydrogen) atoms. The van der Waals surface area contributed by atoms with Gasteiger partial charge in [-0.15, -0.1) is 0 Å². The van der Waals surface area contributed by atoms with Gasteiger partial charge in [-0.05, 0) is 29.5 Å². The molecule has 0 saturated carbocycles. The molecule has 1 saturated heterocycles. The topological polar surface area (TPSA) is 58.8 Å². The smallest absolute Gasteiger partial charge is 0.275 e. The summed E-state index contributed by atoms with van der Waals surface area (Å²) in [7, 11) is 0. The van der Waals surface area contributed by atoms with Gasteiger partial charge in [-0.3, -0.25) is 9.69 Å². The van der Waals surface area contributed by atoms with Gasteiger partial charge in [0.05, 0.1) is 19.8 Å². The highest BCUT2D eigenvalue weighted by molar-refractivity contribution is 5.92. The Morgan fingerprint density at radius 1 is 0.970 bits per heavy atom. The zero-order valence-electron chi connectivity index (χ0n) is 19.7. The molecule has 1 aliphatic rings. The van der Waals surface area contributed by atoms with Crippen molar-refractivity contribution in [3.63, 3.8) is 0 Å². The molecule has 1 unspecified atom stereocenters. The minimum Gasteiger partial charge on any atom is -0.447 e. The molecule has 6 nitrogen and oxygen atoms in total. The largest absolute Gasteiger partial charge is 0.447 e. The molecule has 1 atom stereocenters. The summed E-state index contributed by atoms with van der Waals surface area (Å²) in [5, 5.41) is 0. The fourth-order valence-corrected chi connectivity index (χ4v) is 4.10. The fraction of sp³-hybridized carbons (Fsp3) is 0.407. The number of hydrogen-bond acceptors (Lipinski definition) is 5. The average Bonchev–Trinajstić information content (AvgIpc) is 3.32. The zero-order valence-corrected chi connectivity index (χ0v) is 19.7. The third-order valence-electron chi connectivity index (χ3n) is 6.27. The van der Waals surface area contributed by atoms with E-state index in [9.17, 15) is 4.79 Å². The number of rotatable bonds is 8. The minimum atomic E-state index is -0.0970. The van der Waals surface area contributed by atoms with E-state index in [1.54, 1.807) is 4.90 Å². The van der Waals surface area contributed by atoms with Crippen LogP contribution in [0.1, 0.15) is 65.8 Å². The molecule has 2 aromatic carbocycles. The van der Waals surface area contributed by atoms with Gasteiger partial charge in [0.25, 0.3) is 5.91 Å². The Balaban J connectivity index is 1.52. The lowest BCUT2D eigenvalue weighted by atomic mass is 10.0. The van der Waals surface area contributed by atoms with Crippen LogP contribution in [0, 0.1) is 0 Å². The molecule has 4 rings (SSSR count). The second-order valence-electron chi connectivity index (χ2n) is 8.92. The number of carbonyl (C=O) groups excluding carboxylic acids is 1. The molecule has 1 amide bonds. The van der Waals surface area contributed by atoms with E-state index in [2.05, 4.69) is 79.2 Å². The van der Waals surface area contributed by atoms with Crippen LogP contribution in [0.15, 0.2) is 65.3 Å². The predicted octanol–water partition coefficient (Wildman–Crippen LogP) is 5.03. The maximum atomic E-state index is 12.8. The summed E-state index contributed by atoms with van der Waals surface area (Å²) >= 11 is 0. The average molecular weight is 448 g/mol. The monoisotopic (exact) mass is 447 g/mol. The lowest BCUT2D eigenvalue weighted by Crippen LogP contribution is -2.40. The Morgan fingerprint density at radius 3 is 2.33 bits per heavy atom. The first-order valence-electron chi connectivity index (χ1n) is 11.7. The van der Waals surface area contributed by atoms with Crippen molar-refractivity contribution in [2.24, 2.45) is 0 Å². The molecule has 0 N–H and O–H groups in total. The molecule has 3 aromatic rings. The third-order valence-corrected chi connectivity index (χ3v) is 6.27. The molecular weight excluding hydrogens is 414 g/mol. The molecule has 0 radical (unpaired) electrons. The lowest BCUT2D eigenvalue weighted by molar-refractivity contribution is 0.0299. The van der Waals surface area contributed by atoms with Gasteiger partial charge in [-0.1, -0.05) is 68.4 Å². The van der Waals surface area contributed by atoms with Crippen LogP contribution in [0.2, 0.25) is 0 Å². The zero-order chi connectivity index (χ0) is 23.2. The van der Waals surface area contributed by atoms with Crippen LogP contribution in [0.4, 0.5) is 0 Å².